The molecule has 4 rings (SSSR count). The van der Waals surface area contributed by atoms with Crippen LogP contribution in [0.3, 0.4) is 0 Å². The number of phenols is 2. The van der Waals surface area contributed by atoms with E-state index < -0.39 is 0 Å². The molecule has 0 unspecified atom stereocenters. The Morgan fingerprint density at radius 3 is 1.67 bits per heavy atom. The molecule has 0 amide bonds. The fourth-order valence-corrected chi connectivity index (χ4v) is 5.10. The van der Waals surface area contributed by atoms with Crippen molar-refractivity contribution in [3.63, 3.8) is 0 Å². The van der Waals surface area contributed by atoms with Gasteiger partial charge in [0.25, 0.3) is 0 Å². The molecule has 0 fully saturated rings. The highest BCUT2D eigenvalue weighted by molar-refractivity contribution is 7.50. The highest BCUT2D eigenvalue weighted by Crippen LogP contribution is 2.49. The van der Waals surface area contributed by atoms with E-state index in [-0.39, 0.29) is 22.0 Å². The lowest BCUT2D eigenvalue weighted by molar-refractivity contribution is 0.475. The Bertz CT molecular complexity index is 896. The van der Waals surface area contributed by atoms with E-state index in [1.54, 1.807) is 24.3 Å². The molecular formula is C18H13O2S+. The van der Waals surface area contributed by atoms with E-state index in [0.29, 0.717) is 0 Å². The Morgan fingerprint density at radius 2 is 1.14 bits per heavy atom. The predicted molar refractivity (Wildman–Crippen MR) is 88.6 cm³/mol. The number of hydrogen-bond donors (Lipinski definition) is 2. The number of hydrogen-bond acceptors (Lipinski definition) is 2. The molecule has 0 spiro atoms. The molecule has 0 aliphatic rings. The molecule has 1 heterocycles. The molecule has 2 N–H and O–H groups in total. The molecule has 3 aromatic carbocycles. The Kier molecular flexibility index (Phi) is 2.62. The second-order valence-electron chi connectivity index (χ2n) is 4.98. The summed E-state index contributed by atoms with van der Waals surface area (Å²) in [7, 11) is -0.179. The minimum absolute atomic E-state index is 0.179. The van der Waals surface area contributed by atoms with E-state index in [4.69, 9.17) is 0 Å². The minimum Gasteiger partial charge on any atom is -0.508 e. The lowest BCUT2D eigenvalue weighted by Gasteiger charge is -1.93. The van der Waals surface area contributed by atoms with Crippen LogP contribution in [0.1, 0.15) is 0 Å². The summed E-state index contributed by atoms with van der Waals surface area (Å²) in [5.41, 5.74) is 0. The molecule has 0 saturated carbocycles. The summed E-state index contributed by atoms with van der Waals surface area (Å²) in [5.74, 6) is 0.503. The van der Waals surface area contributed by atoms with Gasteiger partial charge in [-0.25, -0.2) is 0 Å². The van der Waals surface area contributed by atoms with Crippen LogP contribution in [0.25, 0.3) is 25.1 Å². The smallest absolute Gasteiger partial charge is 0.188 e. The second-order valence-corrected chi connectivity index (χ2v) is 6.94. The first-order valence-corrected chi connectivity index (χ1v) is 7.92. The maximum atomic E-state index is 9.79. The molecule has 0 radical (unpaired) electrons. The first kappa shape index (κ1) is 12.2. The summed E-state index contributed by atoms with van der Waals surface area (Å²) in [5, 5.41) is 21.6. The molecule has 102 valence electrons. The van der Waals surface area contributed by atoms with Crippen molar-refractivity contribution in [1.82, 2.24) is 0 Å². The van der Waals surface area contributed by atoms with Gasteiger partial charge in [0, 0.05) is 22.6 Å². The van der Waals surface area contributed by atoms with Crippen LogP contribution in [0, 0.1) is 0 Å². The SMILES string of the molecule is Oc1ccc2c(c1)c1cc(O)ccc1[s+]2-c1ccccc1. The van der Waals surface area contributed by atoms with Crippen LogP contribution in [0.4, 0.5) is 0 Å². The molecular weight excluding hydrogens is 280 g/mol. The van der Waals surface area contributed by atoms with Gasteiger partial charge < -0.3 is 10.2 Å². The van der Waals surface area contributed by atoms with Crippen molar-refractivity contribution in [3.8, 4) is 16.4 Å². The normalized spacial score (nSPS) is 11.2. The first-order valence-electron chi connectivity index (χ1n) is 6.70. The molecule has 4 aromatic rings. The molecule has 0 bridgehead atoms. The van der Waals surface area contributed by atoms with Crippen molar-refractivity contribution in [2.45, 2.75) is 0 Å². The summed E-state index contributed by atoms with van der Waals surface area (Å²) in [6.07, 6.45) is 0. The molecule has 0 atom stereocenters. The van der Waals surface area contributed by atoms with E-state index in [2.05, 4.69) is 12.1 Å². The molecule has 3 heteroatoms. The largest absolute Gasteiger partial charge is 0.508 e. The number of fused-ring (bicyclic) bond motifs is 3. The lowest BCUT2D eigenvalue weighted by Crippen LogP contribution is -1.69. The van der Waals surface area contributed by atoms with E-state index in [1.165, 1.54) is 14.3 Å². The summed E-state index contributed by atoms with van der Waals surface area (Å²) < 4.78 is 2.39. The minimum atomic E-state index is -0.179. The van der Waals surface area contributed by atoms with Gasteiger partial charge in [-0.1, -0.05) is 18.2 Å². The number of rotatable bonds is 1. The van der Waals surface area contributed by atoms with Crippen molar-refractivity contribution in [3.05, 3.63) is 66.7 Å². The molecule has 1 aromatic heterocycles. The number of thiophene rings is 1. The van der Waals surface area contributed by atoms with Crippen molar-refractivity contribution < 1.29 is 10.2 Å². The highest BCUT2D eigenvalue weighted by atomic mass is 32.2. The van der Waals surface area contributed by atoms with Crippen LogP contribution in [0.5, 0.6) is 11.5 Å². The monoisotopic (exact) mass is 293 g/mol. The third kappa shape index (κ3) is 1.86. The Balaban J connectivity index is 2.22. The molecule has 2 nitrogen and oxygen atoms in total. The molecule has 0 aliphatic heterocycles. The number of aromatic hydroxyl groups is 2. The van der Waals surface area contributed by atoms with Gasteiger partial charge >= 0.3 is 0 Å². The zero-order chi connectivity index (χ0) is 14.4. The third-order valence-electron chi connectivity index (χ3n) is 3.64. The van der Waals surface area contributed by atoms with Crippen LogP contribution in [-0.4, -0.2) is 10.2 Å². The van der Waals surface area contributed by atoms with Gasteiger partial charge in [-0.05, 0) is 36.4 Å². The fraction of sp³-hybridized carbons (Fsp3) is 0. The van der Waals surface area contributed by atoms with Gasteiger partial charge in [0.05, 0.1) is 10.8 Å². The van der Waals surface area contributed by atoms with Gasteiger partial charge in [-0.15, -0.1) is 0 Å². The van der Waals surface area contributed by atoms with E-state index in [9.17, 15) is 10.2 Å². The van der Waals surface area contributed by atoms with Crippen LogP contribution in [0.2, 0.25) is 0 Å². The Morgan fingerprint density at radius 1 is 0.619 bits per heavy atom. The van der Waals surface area contributed by atoms with Crippen molar-refractivity contribution >= 4 is 30.6 Å². The maximum absolute atomic E-state index is 9.79. The van der Waals surface area contributed by atoms with E-state index in [0.717, 1.165) is 10.8 Å². The lowest BCUT2D eigenvalue weighted by atomic mass is 10.1. The average Bonchev–Trinajstić information content (AvgIpc) is 2.81. The van der Waals surface area contributed by atoms with E-state index >= 15 is 0 Å². The van der Waals surface area contributed by atoms with Crippen LogP contribution < -0.4 is 0 Å². The summed E-state index contributed by atoms with van der Waals surface area (Å²) in [6.45, 7) is 0. The van der Waals surface area contributed by atoms with Gasteiger partial charge in [0.2, 0.25) is 0 Å². The van der Waals surface area contributed by atoms with Crippen LogP contribution >= 0.6 is 10.5 Å². The number of phenolic OH excluding ortho intramolecular Hbond substituents is 2. The Labute approximate surface area is 124 Å². The van der Waals surface area contributed by atoms with Crippen molar-refractivity contribution in [2.24, 2.45) is 0 Å². The zero-order valence-corrected chi connectivity index (χ0v) is 12.0. The molecule has 0 saturated heterocycles. The zero-order valence-electron chi connectivity index (χ0n) is 11.2. The summed E-state index contributed by atoms with van der Waals surface area (Å²) in [6, 6.07) is 21.3. The van der Waals surface area contributed by atoms with Gasteiger partial charge in [-0.3, -0.25) is 0 Å². The van der Waals surface area contributed by atoms with Crippen LogP contribution in [0.15, 0.2) is 66.7 Å². The highest BCUT2D eigenvalue weighted by Gasteiger charge is 2.23. The molecule has 0 aliphatic carbocycles. The maximum Gasteiger partial charge on any atom is 0.188 e. The topological polar surface area (TPSA) is 40.5 Å². The number of benzene rings is 3. The fourth-order valence-electron chi connectivity index (χ4n) is 2.74. The van der Waals surface area contributed by atoms with Crippen LogP contribution in [-0.2, 0) is 0 Å². The summed E-state index contributed by atoms with van der Waals surface area (Å²) >= 11 is 0. The van der Waals surface area contributed by atoms with E-state index in [1.807, 2.05) is 30.3 Å². The molecule has 21 heavy (non-hydrogen) atoms. The summed E-state index contributed by atoms with van der Waals surface area (Å²) in [4.78, 5) is 1.24. The quantitative estimate of drug-likeness (QED) is 0.477. The first-order chi connectivity index (χ1) is 10.2. The van der Waals surface area contributed by atoms with Gasteiger partial charge in [0.15, 0.2) is 14.3 Å². The van der Waals surface area contributed by atoms with Crippen molar-refractivity contribution in [2.75, 3.05) is 0 Å². The van der Waals surface area contributed by atoms with Gasteiger partial charge in [-0.2, -0.15) is 0 Å². The Hall–Kier alpha value is -2.52. The average molecular weight is 293 g/mol. The third-order valence-corrected chi connectivity index (χ3v) is 5.97. The van der Waals surface area contributed by atoms with Gasteiger partial charge in [0.1, 0.15) is 11.5 Å². The predicted octanol–water partition coefficient (Wildman–Crippen LogP) is 5.14. The second kappa shape index (κ2) is 4.50. The standard InChI is InChI=1S/C18H12O2S/c19-12-6-8-17-15(10-12)16-11-13(20)7-9-18(16)21(17)14-4-2-1-3-5-14/h1-11H,(H-,19,20)/p+1. The van der Waals surface area contributed by atoms with Crippen molar-refractivity contribution in [1.29, 1.82) is 0 Å².